The van der Waals surface area contributed by atoms with Crippen molar-refractivity contribution in [3.63, 3.8) is 0 Å². The van der Waals surface area contributed by atoms with Gasteiger partial charge in [-0.15, -0.1) is 0 Å². The van der Waals surface area contributed by atoms with Gasteiger partial charge in [0.15, 0.2) is 16.7 Å². The van der Waals surface area contributed by atoms with Gasteiger partial charge in [-0.2, -0.15) is 11.3 Å². The van der Waals surface area contributed by atoms with Gasteiger partial charge in [0.05, 0.1) is 17.7 Å². The van der Waals surface area contributed by atoms with Crippen LogP contribution in [-0.2, 0) is 24.5 Å². The lowest BCUT2D eigenvalue weighted by atomic mass is 10.1. The smallest absolute Gasteiger partial charge is 0.255 e. The average Bonchev–Trinajstić information content (AvgIpc) is 3.23. The second-order valence-electron chi connectivity index (χ2n) is 5.96. The monoisotopic (exact) mass is 421 g/mol. The molecule has 0 aliphatic rings. The molecule has 0 aliphatic carbocycles. The molecule has 1 unspecified atom stereocenters. The molecule has 148 valence electrons. The summed E-state index contributed by atoms with van der Waals surface area (Å²) in [7, 11) is 1.38. The summed E-state index contributed by atoms with van der Waals surface area (Å²) in [6.45, 7) is 1.94. The molecule has 0 aliphatic heterocycles. The zero-order valence-corrected chi connectivity index (χ0v) is 17.2. The van der Waals surface area contributed by atoms with Crippen LogP contribution in [0.1, 0.15) is 12.5 Å². The zero-order chi connectivity index (χ0) is 20.3. The Kier molecular flexibility index (Phi) is 6.15. The van der Waals surface area contributed by atoms with E-state index in [2.05, 4.69) is 10.0 Å². The fourth-order valence-corrected chi connectivity index (χ4v) is 4.41. The SMILES string of the molecule is CCc1ccc(Nc2c(NS(=O)c3ccsc3)c(OC)cc(=O)n2C)c(F)c1. The van der Waals surface area contributed by atoms with Gasteiger partial charge in [-0.1, -0.05) is 13.0 Å². The normalized spacial score (nSPS) is 11.9. The fourth-order valence-electron chi connectivity index (χ4n) is 2.60. The number of thiophene rings is 1. The third-order valence-corrected chi connectivity index (χ3v) is 6.13. The fraction of sp³-hybridized carbons (Fsp3) is 0.211. The highest BCUT2D eigenvalue weighted by Gasteiger charge is 2.19. The first-order valence-electron chi connectivity index (χ1n) is 8.48. The average molecular weight is 422 g/mol. The molecule has 2 N–H and O–H groups in total. The number of aromatic nitrogens is 1. The van der Waals surface area contributed by atoms with Gasteiger partial charge in [0.2, 0.25) is 0 Å². The Hall–Kier alpha value is -2.65. The molecule has 2 aromatic heterocycles. The molecule has 0 saturated carbocycles. The molecule has 0 bridgehead atoms. The van der Waals surface area contributed by atoms with Crippen molar-refractivity contribution < 1.29 is 13.3 Å². The third kappa shape index (κ3) is 4.10. The number of hydrogen-bond donors (Lipinski definition) is 2. The van der Waals surface area contributed by atoms with E-state index in [-0.39, 0.29) is 22.8 Å². The summed E-state index contributed by atoms with van der Waals surface area (Å²) >= 11 is 1.42. The Bertz CT molecular complexity index is 1070. The molecule has 1 atom stereocenters. The molecule has 0 fully saturated rings. The van der Waals surface area contributed by atoms with Crippen LogP contribution < -0.4 is 20.3 Å². The van der Waals surface area contributed by atoms with Crippen molar-refractivity contribution in [2.24, 2.45) is 7.05 Å². The van der Waals surface area contributed by atoms with Crippen molar-refractivity contribution in [1.29, 1.82) is 0 Å². The second-order valence-corrected chi connectivity index (χ2v) is 7.95. The molecular formula is C19H20FN3O3S2. The van der Waals surface area contributed by atoms with Crippen LogP contribution in [0.15, 0.2) is 50.8 Å². The number of anilines is 3. The predicted molar refractivity (Wildman–Crippen MR) is 112 cm³/mol. The van der Waals surface area contributed by atoms with E-state index in [1.54, 1.807) is 30.6 Å². The topological polar surface area (TPSA) is 72.4 Å². The molecule has 0 spiro atoms. The van der Waals surface area contributed by atoms with Crippen molar-refractivity contribution in [2.45, 2.75) is 18.2 Å². The third-order valence-electron chi connectivity index (χ3n) is 4.22. The number of ether oxygens (including phenoxy) is 1. The van der Waals surface area contributed by atoms with Gasteiger partial charge in [-0.3, -0.25) is 14.1 Å². The maximum Gasteiger partial charge on any atom is 0.255 e. The number of halogens is 1. The standard InChI is InChI=1S/C19H20FN3O3S2/c1-4-12-5-6-15(14(20)9-12)21-19-18(16(26-3)10-17(24)23(19)2)22-28(25)13-7-8-27-11-13/h5-11,21-22H,4H2,1-3H3. The van der Waals surface area contributed by atoms with Gasteiger partial charge in [-0.25, -0.2) is 8.60 Å². The van der Waals surface area contributed by atoms with Crippen LogP contribution in [0.4, 0.5) is 21.6 Å². The quantitative estimate of drug-likeness (QED) is 0.604. The maximum absolute atomic E-state index is 14.5. The lowest BCUT2D eigenvalue weighted by molar-refractivity contribution is 0.415. The van der Waals surface area contributed by atoms with Crippen molar-refractivity contribution >= 4 is 39.5 Å². The molecular weight excluding hydrogens is 401 g/mol. The van der Waals surface area contributed by atoms with Gasteiger partial charge in [0.1, 0.15) is 17.3 Å². The van der Waals surface area contributed by atoms with E-state index in [0.717, 1.165) is 5.56 Å². The highest BCUT2D eigenvalue weighted by molar-refractivity contribution is 7.86. The van der Waals surface area contributed by atoms with Crippen LogP contribution in [0.5, 0.6) is 5.75 Å². The molecule has 6 nitrogen and oxygen atoms in total. The summed E-state index contributed by atoms with van der Waals surface area (Å²) in [6.07, 6.45) is 0.710. The van der Waals surface area contributed by atoms with E-state index < -0.39 is 16.8 Å². The number of nitrogens with zero attached hydrogens (tertiary/aromatic N) is 1. The van der Waals surface area contributed by atoms with Crippen LogP contribution in [0.3, 0.4) is 0 Å². The number of methoxy groups -OCH3 is 1. The van der Waals surface area contributed by atoms with E-state index in [4.69, 9.17) is 4.74 Å². The van der Waals surface area contributed by atoms with Crippen LogP contribution in [-0.4, -0.2) is 15.9 Å². The number of nitrogens with one attached hydrogen (secondary N) is 2. The van der Waals surface area contributed by atoms with E-state index in [0.29, 0.717) is 17.0 Å². The second kappa shape index (κ2) is 8.57. The van der Waals surface area contributed by atoms with Crippen molar-refractivity contribution in [3.05, 3.63) is 62.8 Å². The first-order chi connectivity index (χ1) is 13.4. The Balaban J connectivity index is 2.07. The van der Waals surface area contributed by atoms with Gasteiger partial charge >= 0.3 is 0 Å². The van der Waals surface area contributed by atoms with Crippen LogP contribution >= 0.6 is 11.3 Å². The van der Waals surface area contributed by atoms with E-state index in [9.17, 15) is 13.4 Å². The minimum atomic E-state index is -1.58. The summed E-state index contributed by atoms with van der Waals surface area (Å²) < 4.78 is 36.6. The van der Waals surface area contributed by atoms with Gasteiger partial charge in [-0.05, 0) is 35.6 Å². The number of aryl methyl sites for hydroxylation is 1. The van der Waals surface area contributed by atoms with Gasteiger partial charge < -0.3 is 10.1 Å². The summed E-state index contributed by atoms with van der Waals surface area (Å²) in [6, 6.07) is 7.88. The summed E-state index contributed by atoms with van der Waals surface area (Å²) in [5.74, 6) is 0.00960. The minimum absolute atomic E-state index is 0.199. The molecule has 0 radical (unpaired) electrons. The van der Waals surface area contributed by atoms with Crippen LogP contribution in [0, 0.1) is 5.82 Å². The molecule has 3 aromatic rings. The highest BCUT2D eigenvalue weighted by Crippen LogP contribution is 2.34. The number of rotatable bonds is 7. The Morgan fingerprint density at radius 1 is 1.29 bits per heavy atom. The Labute approximate surface area is 168 Å². The Morgan fingerprint density at radius 3 is 2.68 bits per heavy atom. The zero-order valence-electron chi connectivity index (χ0n) is 15.6. The lowest BCUT2D eigenvalue weighted by Gasteiger charge is -2.19. The number of pyridine rings is 1. The molecule has 0 amide bonds. The minimum Gasteiger partial charge on any atom is -0.494 e. The van der Waals surface area contributed by atoms with Gasteiger partial charge in [0.25, 0.3) is 5.56 Å². The predicted octanol–water partition coefficient (Wildman–Crippen LogP) is 4.04. The molecule has 9 heteroatoms. The van der Waals surface area contributed by atoms with E-state index >= 15 is 0 Å². The summed E-state index contributed by atoms with van der Waals surface area (Å²) in [4.78, 5) is 12.9. The van der Waals surface area contributed by atoms with Crippen molar-refractivity contribution in [2.75, 3.05) is 17.1 Å². The summed E-state index contributed by atoms with van der Waals surface area (Å²) in [5, 5.41) is 6.51. The summed E-state index contributed by atoms with van der Waals surface area (Å²) in [5.41, 5.74) is 1.01. The Morgan fingerprint density at radius 2 is 2.07 bits per heavy atom. The molecule has 2 heterocycles. The number of benzene rings is 1. The van der Waals surface area contributed by atoms with E-state index in [1.165, 1.54) is 35.1 Å². The lowest BCUT2D eigenvalue weighted by Crippen LogP contribution is -2.22. The highest BCUT2D eigenvalue weighted by atomic mass is 32.2. The largest absolute Gasteiger partial charge is 0.494 e. The van der Waals surface area contributed by atoms with Crippen LogP contribution in [0.2, 0.25) is 0 Å². The number of hydrogen-bond acceptors (Lipinski definition) is 5. The first-order valence-corrected chi connectivity index (χ1v) is 10.6. The molecule has 1 aromatic carbocycles. The molecule has 28 heavy (non-hydrogen) atoms. The molecule has 0 saturated heterocycles. The van der Waals surface area contributed by atoms with Crippen molar-refractivity contribution in [3.8, 4) is 5.75 Å². The molecule has 3 rings (SSSR count). The first kappa shape index (κ1) is 20.1. The van der Waals surface area contributed by atoms with E-state index in [1.807, 2.05) is 12.3 Å². The maximum atomic E-state index is 14.5. The van der Waals surface area contributed by atoms with Crippen molar-refractivity contribution in [1.82, 2.24) is 4.57 Å². The van der Waals surface area contributed by atoms with Gasteiger partial charge in [0, 0.05) is 18.5 Å². The van der Waals surface area contributed by atoms with Crippen LogP contribution in [0.25, 0.3) is 0 Å².